The molecule has 3 heteroatoms. The van der Waals surface area contributed by atoms with Gasteiger partial charge in [0.1, 0.15) is 0 Å². The van der Waals surface area contributed by atoms with E-state index in [1.54, 1.807) is 11.0 Å². The molecule has 5 aliphatic rings. The molecule has 0 spiro atoms. The van der Waals surface area contributed by atoms with Crippen LogP contribution in [0.4, 0.5) is 0 Å². The van der Waals surface area contributed by atoms with Gasteiger partial charge in [-0.15, -0.1) is 11.5 Å². The molecule has 0 atom stereocenters. The number of hydrogen-bond donors (Lipinski definition) is 0. The van der Waals surface area contributed by atoms with Crippen molar-refractivity contribution in [3.05, 3.63) is 130 Å². The van der Waals surface area contributed by atoms with E-state index in [0.717, 1.165) is 41.8 Å². The van der Waals surface area contributed by atoms with Crippen LogP contribution in [0.2, 0.25) is 0 Å². The number of ketones is 1. The summed E-state index contributed by atoms with van der Waals surface area (Å²) >= 11 is 0. The third-order valence-electron chi connectivity index (χ3n) is 7.63. The third-order valence-corrected chi connectivity index (χ3v) is 7.63. The number of Topliss-reactive ketones (excluding diaryl/α,β-unsaturated/α-hetero) is 1. The van der Waals surface area contributed by atoms with Gasteiger partial charge < -0.3 is 0 Å². The van der Waals surface area contributed by atoms with Crippen molar-refractivity contribution in [1.29, 1.82) is 0 Å². The Bertz CT molecular complexity index is 1390. The molecule has 1 saturated carbocycles. The number of carbonyl (C=O) groups is 2. The fourth-order valence-electron chi connectivity index (χ4n) is 5.21. The Balaban J connectivity index is 1.32. The average Bonchev–Trinajstić information content (AvgIpc) is 2.97. The lowest BCUT2D eigenvalue weighted by Gasteiger charge is -2.32. The van der Waals surface area contributed by atoms with Crippen LogP contribution in [0.5, 0.6) is 0 Å². The van der Waals surface area contributed by atoms with Crippen molar-refractivity contribution in [3.63, 3.8) is 0 Å². The highest BCUT2D eigenvalue weighted by Gasteiger charge is 2.29. The molecule has 1 heterocycles. The van der Waals surface area contributed by atoms with Gasteiger partial charge in [0, 0.05) is 41.3 Å². The minimum absolute atomic E-state index is 0.0365. The summed E-state index contributed by atoms with van der Waals surface area (Å²) in [5.41, 5.74) is 13.8. The monoisotopic (exact) mass is 487 g/mol. The second-order valence-electron chi connectivity index (χ2n) is 10.2. The highest BCUT2D eigenvalue weighted by atomic mass is 16.2. The molecule has 0 aromatic rings. The van der Waals surface area contributed by atoms with E-state index in [4.69, 9.17) is 0 Å². The molecule has 3 nitrogen and oxygen atoms in total. The summed E-state index contributed by atoms with van der Waals surface area (Å²) in [6, 6.07) is 0. The fraction of sp³-hybridized carbons (Fsp3) is 0.294. The van der Waals surface area contributed by atoms with Crippen LogP contribution < -0.4 is 0 Å². The summed E-state index contributed by atoms with van der Waals surface area (Å²) in [5.74, 6) is 0.578. The predicted octanol–water partition coefficient (Wildman–Crippen LogP) is 7.59. The van der Waals surface area contributed by atoms with Crippen LogP contribution in [0.1, 0.15) is 58.3 Å². The number of nitrogens with zero attached hydrogens (tertiary/aromatic N) is 1. The molecule has 0 aromatic heterocycles. The normalized spacial score (nSPS) is 22.0. The van der Waals surface area contributed by atoms with Gasteiger partial charge in [0.25, 0.3) is 5.91 Å². The summed E-state index contributed by atoms with van der Waals surface area (Å²) in [6.07, 6.45) is 28.9. The summed E-state index contributed by atoms with van der Waals surface area (Å²) in [7, 11) is 0. The second-order valence-corrected chi connectivity index (χ2v) is 10.2. The van der Waals surface area contributed by atoms with E-state index >= 15 is 0 Å². The molecule has 186 valence electrons. The molecule has 0 radical (unpaired) electrons. The van der Waals surface area contributed by atoms with Gasteiger partial charge in [0.05, 0.1) is 5.70 Å². The third kappa shape index (κ3) is 5.44. The summed E-state index contributed by atoms with van der Waals surface area (Å²) in [4.78, 5) is 28.4. The van der Waals surface area contributed by atoms with Gasteiger partial charge in [0.2, 0.25) is 0 Å². The summed E-state index contributed by atoms with van der Waals surface area (Å²) < 4.78 is 0. The fourth-order valence-corrected chi connectivity index (χ4v) is 5.21. The molecule has 1 fully saturated rings. The van der Waals surface area contributed by atoms with Gasteiger partial charge in [-0.25, -0.2) is 0 Å². The van der Waals surface area contributed by atoms with Gasteiger partial charge >= 0.3 is 0 Å². The molecule has 5 rings (SSSR count). The Labute approximate surface area is 220 Å². The van der Waals surface area contributed by atoms with Crippen LogP contribution in [0, 0.1) is 5.92 Å². The molecule has 4 aliphatic carbocycles. The Kier molecular flexibility index (Phi) is 7.37. The first-order valence-corrected chi connectivity index (χ1v) is 13.3. The lowest BCUT2D eigenvalue weighted by atomic mass is 9.78. The maximum absolute atomic E-state index is 13.5. The number of hydrogen-bond acceptors (Lipinski definition) is 2. The van der Waals surface area contributed by atoms with Gasteiger partial charge in [-0.2, -0.15) is 0 Å². The lowest BCUT2D eigenvalue weighted by molar-refractivity contribution is -0.123. The van der Waals surface area contributed by atoms with E-state index in [-0.39, 0.29) is 11.7 Å². The van der Waals surface area contributed by atoms with Crippen molar-refractivity contribution < 1.29 is 9.59 Å². The molecule has 0 saturated heterocycles. The highest BCUT2D eigenvalue weighted by molar-refractivity contribution is 6.03. The van der Waals surface area contributed by atoms with Crippen molar-refractivity contribution in [3.8, 4) is 0 Å². The zero-order chi connectivity index (χ0) is 25.8. The Hall–Kier alpha value is -3.90. The quantitative estimate of drug-likeness (QED) is 0.375. The largest absolute Gasteiger partial charge is 0.294 e. The highest BCUT2D eigenvalue weighted by Crippen LogP contribution is 2.36. The van der Waals surface area contributed by atoms with Crippen LogP contribution >= 0.6 is 0 Å². The van der Waals surface area contributed by atoms with Gasteiger partial charge in [0.15, 0.2) is 5.78 Å². The molecule has 0 bridgehead atoms. The van der Waals surface area contributed by atoms with E-state index in [0.29, 0.717) is 29.9 Å². The molecule has 1 aliphatic heterocycles. The van der Waals surface area contributed by atoms with Crippen molar-refractivity contribution in [2.45, 2.75) is 58.3 Å². The van der Waals surface area contributed by atoms with Crippen LogP contribution in [-0.2, 0) is 9.59 Å². The second kappa shape index (κ2) is 11.0. The van der Waals surface area contributed by atoms with E-state index in [1.165, 1.54) is 30.4 Å². The predicted molar refractivity (Wildman–Crippen MR) is 149 cm³/mol. The molecular formula is C34H33NO2. The summed E-state index contributed by atoms with van der Waals surface area (Å²) in [5, 5.41) is 0. The molecule has 0 aromatic carbocycles. The maximum atomic E-state index is 13.5. The van der Waals surface area contributed by atoms with Crippen molar-refractivity contribution in [1.82, 2.24) is 4.90 Å². The van der Waals surface area contributed by atoms with E-state index < -0.39 is 0 Å². The van der Waals surface area contributed by atoms with E-state index in [1.807, 2.05) is 42.5 Å². The first-order valence-electron chi connectivity index (χ1n) is 13.3. The van der Waals surface area contributed by atoms with Gasteiger partial charge in [-0.1, -0.05) is 55.5 Å². The zero-order valence-corrected chi connectivity index (χ0v) is 21.6. The average molecular weight is 488 g/mol. The molecule has 1 amide bonds. The van der Waals surface area contributed by atoms with Crippen molar-refractivity contribution >= 4 is 11.7 Å². The molecular weight excluding hydrogens is 454 g/mol. The lowest BCUT2D eigenvalue weighted by Crippen LogP contribution is -2.33. The topological polar surface area (TPSA) is 37.4 Å². The van der Waals surface area contributed by atoms with Crippen LogP contribution in [0.25, 0.3) is 0 Å². The van der Waals surface area contributed by atoms with Crippen LogP contribution in [0.3, 0.4) is 0 Å². The first kappa shape index (κ1) is 24.8. The number of rotatable bonds is 5. The molecule has 0 N–H and O–H groups in total. The van der Waals surface area contributed by atoms with E-state index in [2.05, 4.69) is 43.2 Å². The smallest absolute Gasteiger partial charge is 0.262 e. The summed E-state index contributed by atoms with van der Waals surface area (Å²) in [6.45, 7) is 6.34. The standard InChI is InChI=1S/C34H33NO2/c1-24-16-17-26(18-21-31(24)27-10-8-11-27)23-33(36)28-12-9-15-32-29(20-19-28)22-25(2)35(34(32)37)30-13-6-4-3-5-7-14-30/h4,9,12-17,19-21,27H,2-3,5,7-8,10-11,22-23H2,1H3. The minimum atomic E-state index is -0.0933. The maximum Gasteiger partial charge on any atom is 0.262 e. The van der Waals surface area contributed by atoms with Crippen molar-refractivity contribution in [2.75, 3.05) is 0 Å². The number of amides is 1. The van der Waals surface area contributed by atoms with E-state index in [9.17, 15) is 9.59 Å². The van der Waals surface area contributed by atoms with Crippen molar-refractivity contribution in [2.24, 2.45) is 5.92 Å². The zero-order valence-electron chi connectivity index (χ0n) is 21.6. The van der Waals surface area contributed by atoms with Gasteiger partial charge in [-0.3, -0.25) is 14.5 Å². The van der Waals surface area contributed by atoms with Crippen LogP contribution in [0.15, 0.2) is 130 Å². The number of carbonyl (C=O) groups excluding carboxylic acids is 2. The Morgan fingerprint density at radius 2 is 1.95 bits per heavy atom. The first-order chi connectivity index (χ1) is 18.0. The van der Waals surface area contributed by atoms with Gasteiger partial charge in [-0.05, 0) is 79.9 Å². The molecule has 37 heavy (non-hydrogen) atoms. The molecule has 0 unspecified atom stereocenters. The van der Waals surface area contributed by atoms with Crippen LogP contribution in [-0.4, -0.2) is 16.6 Å². The Morgan fingerprint density at radius 1 is 1.08 bits per heavy atom. The SMILES string of the molecule is C=C1CC2=C(C=CC=C(C(=O)CC3=C=CC(C4CCC4)=C(C)C=C3)C=C2)C(=O)N1C1=CCCCC=C=C1. The minimum Gasteiger partial charge on any atom is -0.294 e. The Morgan fingerprint density at radius 3 is 2.76 bits per heavy atom. The number of allylic oxidation sites excluding steroid dienone is 13.